The zero-order valence-corrected chi connectivity index (χ0v) is 10.2. The number of thiophene rings is 1. The molecule has 0 amide bonds. The molecule has 0 aliphatic rings. The molecule has 0 unspecified atom stereocenters. The number of ether oxygens (including phenoxy) is 1. The molecule has 0 spiro atoms. The standard InChI is InChI=1S/C9H11BrO2S/c1-5(2)12-9(11)7-4-6(3)8(10)13-7/h4-5H,1-3H3. The molecular weight excluding hydrogens is 252 g/mol. The van der Waals surface area contributed by atoms with E-state index in [9.17, 15) is 4.79 Å². The van der Waals surface area contributed by atoms with Gasteiger partial charge in [-0.05, 0) is 48.3 Å². The highest BCUT2D eigenvalue weighted by Gasteiger charge is 2.13. The van der Waals surface area contributed by atoms with Crippen molar-refractivity contribution in [2.45, 2.75) is 26.9 Å². The van der Waals surface area contributed by atoms with Crippen LogP contribution in [-0.4, -0.2) is 12.1 Å². The fraction of sp³-hybridized carbons (Fsp3) is 0.444. The summed E-state index contributed by atoms with van der Waals surface area (Å²) in [6, 6.07) is 1.83. The second kappa shape index (κ2) is 4.24. The number of carbonyl (C=O) groups excluding carboxylic acids is 1. The van der Waals surface area contributed by atoms with Gasteiger partial charge in [-0.25, -0.2) is 4.79 Å². The van der Waals surface area contributed by atoms with E-state index < -0.39 is 0 Å². The van der Waals surface area contributed by atoms with E-state index in [1.54, 1.807) is 0 Å². The van der Waals surface area contributed by atoms with Crippen LogP contribution >= 0.6 is 27.3 Å². The Bertz CT molecular complexity index is 298. The van der Waals surface area contributed by atoms with Crippen LogP contribution in [0.3, 0.4) is 0 Å². The van der Waals surface area contributed by atoms with E-state index in [0.29, 0.717) is 4.88 Å². The first-order chi connectivity index (χ1) is 6.00. The molecule has 0 N–H and O–H groups in total. The Balaban J connectivity index is 2.77. The Kier molecular flexibility index (Phi) is 3.50. The summed E-state index contributed by atoms with van der Waals surface area (Å²) in [7, 11) is 0. The van der Waals surface area contributed by atoms with Gasteiger partial charge in [-0.15, -0.1) is 11.3 Å². The summed E-state index contributed by atoms with van der Waals surface area (Å²) in [5, 5.41) is 0. The summed E-state index contributed by atoms with van der Waals surface area (Å²) < 4.78 is 6.04. The highest BCUT2D eigenvalue weighted by Crippen LogP contribution is 2.27. The van der Waals surface area contributed by atoms with Crippen LogP contribution in [0.1, 0.15) is 29.1 Å². The minimum atomic E-state index is -0.242. The second-order valence-corrected chi connectivity index (χ2v) is 5.39. The molecule has 0 aliphatic carbocycles. The van der Waals surface area contributed by atoms with Gasteiger partial charge in [0, 0.05) is 0 Å². The number of aryl methyl sites for hydroxylation is 1. The van der Waals surface area contributed by atoms with Gasteiger partial charge in [0.15, 0.2) is 0 Å². The molecule has 4 heteroatoms. The third kappa shape index (κ3) is 2.81. The highest BCUT2D eigenvalue weighted by molar-refractivity contribution is 9.11. The average Bonchev–Trinajstić information content (AvgIpc) is 2.31. The normalized spacial score (nSPS) is 10.5. The lowest BCUT2D eigenvalue weighted by Crippen LogP contribution is -2.09. The molecule has 0 aliphatic heterocycles. The first kappa shape index (κ1) is 10.7. The predicted molar refractivity (Wildman–Crippen MR) is 57.3 cm³/mol. The van der Waals surface area contributed by atoms with Gasteiger partial charge in [0.2, 0.25) is 0 Å². The Morgan fingerprint density at radius 2 is 2.23 bits per heavy atom. The van der Waals surface area contributed by atoms with Gasteiger partial charge >= 0.3 is 5.97 Å². The topological polar surface area (TPSA) is 26.3 Å². The summed E-state index contributed by atoms with van der Waals surface area (Å²) >= 11 is 4.77. The summed E-state index contributed by atoms with van der Waals surface area (Å²) in [5.41, 5.74) is 1.07. The van der Waals surface area contributed by atoms with Gasteiger partial charge in [-0.1, -0.05) is 0 Å². The zero-order chi connectivity index (χ0) is 10.0. The number of esters is 1. The molecule has 1 aromatic rings. The number of rotatable bonds is 2. The molecule has 13 heavy (non-hydrogen) atoms. The maximum atomic E-state index is 11.4. The van der Waals surface area contributed by atoms with Crippen LogP contribution < -0.4 is 0 Å². The molecule has 72 valence electrons. The van der Waals surface area contributed by atoms with E-state index in [2.05, 4.69) is 15.9 Å². The number of hydrogen-bond donors (Lipinski definition) is 0. The van der Waals surface area contributed by atoms with Crippen molar-refractivity contribution in [1.82, 2.24) is 0 Å². The molecule has 0 saturated heterocycles. The summed E-state index contributed by atoms with van der Waals surface area (Å²) in [5.74, 6) is -0.242. The third-order valence-corrected chi connectivity index (χ3v) is 3.52. The Morgan fingerprint density at radius 3 is 2.62 bits per heavy atom. The Hall–Kier alpha value is -0.350. The van der Waals surface area contributed by atoms with Crippen molar-refractivity contribution in [3.05, 3.63) is 20.3 Å². The van der Waals surface area contributed by atoms with E-state index in [1.807, 2.05) is 26.8 Å². The molecule has 0 radical (unpaired) electrons. The first-order valence-corrected chi connectivity index (χ1v) is 5.58. The maximum Gasteiger partial charge on any atom is 0.348 e. The van der Waals surface area contributed by atoms with E-state index in [4.69, 9.17) is 4.74 Å². The van der Waals surface area contributed by atoms with Crippen LogP contribution in [0.5, 0.6) is 0 Å². The van der Waals surface area contributed by atoms with Crippen LogP contribution in [0.4, 0.5) is 0 Å². The van der Waals surface area contributed by atoms with Crippen molar-refractivity contribution in [2.75, 3.05) is 0 Å². The molecule has 0 aromatic carbocycles. The van der Waals surface area contributed by atoms with Gasteiger partial charge in [0.05, 0.1) is 9.89 Å². The fourth-order valence-electron chi connectivity index (χ4n) is 0.833. The fourth-order valence-corrected chi connectivity index (χ4v) is 2.25. The molecule has 0 bridgehead atoms. The minimum Gasteiger partial charge on any atom is -0.459 e. The van der Waals surface area contributed by atoms with Gasteiger partial charge in [0.1, 0.15) is 4.88 Å². The summed E-state index contributed by atoms with van der Waals surface area (Å²) in [6.07, 6.45) is -0.0614. The van der Waals surface area contributed by atoms with Crippen LogP contribution in [0.25, 0.3) is 0 Å². The lowest BCUT2D eigenvalue weighted by Gasteiger charge is -2.05. The average molecular weight is 263 g/mol. The van der Waals surface area contributed by atoms with E-state index in [1.165, 1.54) is 11.3 Å². The number of carbonyl (C=O) groups is 1. The molecule has 1 aromatic heterocycles. The van der Waals surface area contributed by atoms with Gasteiger partial charge in [0.25, 0.3) is 0 Å². The highest BCUT2D eigenvalue weighted by atomic mass is 79.9. The van der Waals surface area contributed by atoms with Crippen LogP contribution in [0, 0.1) is 6.92 Å². The summed E-state index contributed by atoms with van der Waals surface area (Å²) in [4.78, 5) is 12.0. The summed E-state index contributed by atoms with van der Waals surface area (Å²) in [6.45, 7) is 5.63. The third-order valence-electron chi connectivity index (χ3n) is 1.40. The molecule has 0 fully saturated rings. The van der Waals surface area contributed by atoms with Crippen molar-refractivity contribution in [2.24, 2.45) is 0 Å². The van der Waals surface area contributed by atoms with Crippen LogP contribution in [0.15, 0.2) is 9.85 Å². The monoisotopic (exact) mass is 262 g/mol. The second-order valence-electron chi connectivity index (χ2n) is 3.02. The molecule has 2 nitrogen and oxygen atoms in total. The molecular formula is C9H11BrO2S. The molecule has 0 atom stereocenters. The van der Waals surface area contributed by atoms with Crippen molar-refractivity contribution < 1.29 is 9.53 Å². The Morgan fingerprint density at radius 1 is 1.62 bits per heavy atom. The van der Waals surface area contributed by atoms with Gasteiger partial charge < -0.3 is 4.74 Å². The lowest BCUT2D eigenvalue weighted by molar-refractivity contribution is 0.0384. The Labute approximate surface area is 90.0 Å². The smallest absolute Gasteiger partial charge is 0.348 e. The van der Waals surface area contributed by atoms with E-state index >= 15 is 0 Å². The molecule has 1 rings (SSSR count). The van der Waals surface area contributed by atoms with E-state index in [-0.39, 0.29) is 12.1 Å². The maximum absolute atomic E-state index is 11.4. The minimum absolute atomic E-state index is 0.0614. The number of hydrogen-bond acceptors (Lipinski definition) is 3. The van der Waals surface area contributed by atoms with Crippen molar-refractivity contribution in [3.8, 4) is 0 Å². The van der Waals surface area contributed by atoms with Crippen molar-refractivity contribution in [3.63, 3.8) is 0 Å². The quantitative estimate of drug-likeness (QED) is 0.764. The van der Waals surface area contributed by atoms with Crippen LogP contribution in [-0.2, 0) is 4.74 Å². The van der Waals surface area contributed by atoms with Gasteiger partial charge in [-0.2, -0.15) is 0 Å². The molecule has 0 saturated carbocycles. The molecule has 1 heterocycles. The van der Waals surface area contributed by atoms with Crippen molar-refractivity contribution in [1.29, 1.82) is 0 Å². The van der Waals surface area contributed by atoms with Crippen molar-refractivity contribution >= 4 is 33.2 Å². The predicted octanol–water partition coefficient (Wildman–Crippen LogP) is 3.38. The van der Waals surface area contributed by atoms with Crippen LogP contribution in [0.2, 0.25) is 0 Å². The largest absolute Gasteiger partial charge is 0.459 e. The first-order valence-electron chi connectivity index (χ1n) is 3.97. The zero-order valence-electron chi connectivity index (χ0n) is 7.76. The van der Waals surface area contributed by atoms with E-state index in [0.717, 1.165) is 9.35 Å². The number of halogens is 1. The SMILES string of the molecule is Cc1cc(C(=O)OC(C)C)sc1Br. The lowest BCUT2D eigenvalue weighted by atomic mass is 10.3. The van der Waals surface area contributed by atoms with Gasteiger partial charge in [-0.3, -0.25) is 0 Å².